The van der Waals surface area contributed by atoms with Crippen molar-refractivity contribution in [3.63, 3.8) is 0 Å². The van der Waals surface area contributed by atoms with E-state index in [4.69, 9.17) is 5.73 Å². The Morgan fingerprint density at radius 1 is 1.42 bits per heavy atom. The molecule has 2 rings (SSSR count). The van der Waals surface area contributed by atoms with Gasteiger partial charge in [0.2, 0.25) is 11.9 Å². The highest BCUT2D eigenvalue weighted by Gasteiger charge is 2.37. The van der Waals surface area contributed by atoms with Gasteiger partial charge in [0.15, 0.2) is 0 Å². The molecule has 1 aliphatic carbocycles. The Bertz CT molecular complexity index is 576. The summed E-state index contributed by atoms with van der Waals surface area (Å²) in [5, 5.41) is 5.43. The Labute approximate surface area is 138 Å². The molecule has 134 valence electrons. The molecule has 0 spiro atoms. The number of nitrogens with one attached hydrogen (secondary N) is 2. The zero-order chi connectivity index (χ0) is 17.8. The van der Waals surface area contributed by atoms with Crippen molar-refractivity contribution in [3.05, 3.63) is 18.0 Å². The van der Waals surface area contributed by atoms with E-state index in [9.17, 15) is 18.0 Å². The first-order valence-electron chi connectivity index (χ1n) is 7.91. The third-order valence-corrected chi connectivity index (χ3v) is 4.22. The van der Waals surface area contributed by atoms with E-state index in [0.29, 0.717) is 0 Å². The second kappa shape index (κ2) is 7.33. The third kappa shape index (κ3) is 4.80. The number of rotatable bonds is 5. The first-order valence-corrected chi connectivity index (χ1v) is 7.91. The summed E-state index contributed by atoms with van der Waals surface area (Å²) in [5.74, 6) is -0.483. The summed E-state index contributed by atoms with van der Waals surface area (Å²) in [7, 11) is 0. The van der Waals surface area contributed by atoms with E-state index in [1.54, 1.807) is 0 Å². The molecule has 2 unspecified atom stereocenters. The van der Waals surface area contributed by atoms with E-state index in [2.05, 4.69) is 20.6 Å². The minimum absolute atomic E-state index is 0.119. The van der Waals surface area contributed by atoms with Crippen molar-refractivity contribution in [2.45, 2.75) is 44.3 Å². The van der Waals surface area contributed by atoms with Gasteiger partial charge in [-0.3, -0.25) is 4.79 Å². The number of carbonyl (C=O) groups excluding carboxylic acids is 1. The van der Waals surface area contributed by atoms with Crippen LogP contribution in [-0.4, -0.2) is 34.5 Å². The molecular formula is C15H22F3N5O. The van der Waals surface area contributed by atoms with Crippen molar-refractivity contribution in [1.82, 2.24) is 15.3 Å². The number of alkyl halides is 3. The van der Waals surface area contributed by atoms with Crippen LogP contribution in [0.5, 0.6) is 0 Å². The monoisotopic (exact) mass is 345 g/mol. The van der Waals surface area contributed by atoms with Crippen molar-refractivity contribution < 1.29 is 18.0 Å². The summed E-state index contributed by atoms with van der Waals surface area (Å²) in [6, 6.07) is 0.804. The van der Waals surface area contributed by atoms with E-state index >= 15 is 0 Å². The van der Waals surface area contributed by atoms with Gasteiger partial charge in [-0.2, -0.15) is 13.2 Å². The summed E-state index contributed by atoms with van der Waals surface area (Å²) >= 11 is 0. The Morgan fingerprint density at radius 2 is 2.17 bits per heavy atom. The van der Waals surface area contributed by atoms with Crippen molar-refractivity contribution in [2.75, 3.05) is 18.4 Å². The number of halogens is 3. The van der Waals surface area contributed by atoms with E-state index in [1.807, 2.05) is 6.92 Å². The Hall–Kier alpha value is -1.90. The second-order valence-electron chi connectivity index (χ2n) is 6.29. The van der Waals surface area contributed by atoms with Crippen molar-refractivity contribution in [2.24, 2.45) is 11.7 Å². The lowest BCUT2D eigenvalue weighted by atomic mass is 9.74. The molecule has 1 saturated carbocycles. The molecule has 2 atom stereocenters. The Kier molecular flexibility index (Phi) is 5.63. The zero-order valence-electron chi connectivity index (χ0n) is 13.5. The molecule has 1 aromatic rings. The molecule has 0 aliphatic heterocycles. The normalized spacial score (nSPS) is 24.5. The van der Waals surface area contributed by atoms with E-state index < -0.39 is 17.4 Å². The predicted molar refractivity (Wildman–Crippen MR) is 83.1 cm³/mol. The smallest absolute Gasteiger partial charge is 0.354 e. The average molecular weight is 345 g/mol. The van der Waals surface area contributed by atoms with E-state index in [0.717, 1.165) is 37.9 Å². The molecular weight excluding hydrogens is 323 g/mol. The maximum Gasteiger partial charge on any atom is 0.433 e. The van der Waals surface area contributed by atoms with Crippen LogP contribution in [-0.2, 0) is 11.0 Å². The number of anilines is 1. The fraction of sp³-hybridized carbons (Fsp3) is 0.667. The number of nitrogens with two attached hydrogens (primary N) is 1. The van der Waals surface area contributed by atoms with Crippen LogP contribution in [0.1, 0.15) is 38.3 Å². The molecule has 0 radical (unpaired) electrons. The van der Waals surface area contributed by atoms with Crippen LogP contribution in [0.3, 0.4) is 0 Å². The summed E-state index contributed by atoms with van der Waals surface area (Å²) in [4.78, 5) is 19.3. The van der Waals surface area contributed by atoms with Crippen molar-refractivity contribution in [3.8, 4) is 0 Å². The van der Waals surface area contributed by atoms with Gasteiger partial charge in [0.05, 0.1) is 5.92 Å². The fourth-order valence-corrected chi connectivity index (χ4v) is 2.87. The minimum atomic E-state index is -4.51. The SMILES string of the molecule is CC1(N)CCCCC1C(=O)NCCNc1nccc(C(F)(F)F)n1. The maximum atomic E-state index is 12.6. The third-order valence-electron chi connectivity index (χ3n) is 4.22. The summed E-state index contributed by atoms with van der Waals surface area (Å²) in [5.41, 5.74) is 4.65. The molecule has 1 aliphatic rings. The standard InChI is InChI=1S/C15H22F3N5O/c1-14(19)6-3-2-4-10(14)12(24)20-8-9-22-13-21-7-5-11(23-13)15(16,17)18/h5,7,10H,2-4,6,8-9,19H2,1H3,(H,20,24)(H,21,22,23). The predicted octanol–water partition coefficient (Wildman–Crippen LogP) is 1.93. The average Bonchev–Trinajstić information content (AvgIpc) is 2.50. The largest absolute Gasteiger partial charge is 0.433 e. The number of nitrogens with zero attached hydrogens (tertiary/aromatic N) is 2. The molecule has 4 N–H and O–H groups in total. The maximum absolute atomic E-state index is 12.6. The molecule has 0 aromatic carbocycles. The highest BCUT2D eigenvalue weighted by atomic mass is 19.4. The van der Waals surface area contributed by atoms with Gasteiger partial charge in [0, 0.05) is 24.8 Å². The van der Waals surface area contributed by atoms with E-state index in [-0.39, 0.29) is 30.9 Å². The van der Waals surface area contributed by atoms with Crippen LogP contribution in [0, 0.1) is 5.92 Å². The second-order valence-corrected chi connectivity index (χ2v) is 6.29. The molecule has 1 amide bonds. The van der Waals surface area contributed by atoms with Crippen molar-refractivity contribution in [1.29, 1.82) is 0 Å². The number of aromatic nitrogens is 2. The highest BCUT2D eigenvalue weighted by Crippen LogP contribution is 2.31. The number of hydrogen-bond donors (Lipinski definition) is 3. The first-order chi connectivity index (χ1) is 11.2. The quantitative estimate of drug-likeness (QED) is 0.709. The molecule has 0 saturated heterocycles. The van der Waals surface area contributed by atoms with Crippen LogP contribution in [0.4, 0.5) is 19.1 Å². The summed E-state index contributed by atoms with van der Waals surface area (Å²) in [6.07, 6.45) is 0.0790. The Morgan fingerprint density at radius 3 is 2.83 bits per heavy atom. The molecule has 0 bridgehead atoms. The van der Waals surface area contributed by atoms with Crippen LogP contribution in [0.15, 0.2) is 12.3 Å². The van der Waals surface area contributed by atoms with Gasteiger partial charge < -0.3 is 16.4 Å². The lowest BCUT2D eigenvalue weighted by Gasteiger charge is -2.37. The highest BCUT2D eigenvalue weighted by molar-refractivity contribution is 5.80. The van der Waals surface area contributed by atoms with Crippen molar-refractivity contribution >= 4 is 11.9 Å². The van der Waals surface area contributed by atoms with Gasteiger partial charge in [-0.15, -0.1) is 0 Å². The van der Waals surface area contributed by atoms with Gasteiger partial charge in [-0.1, -0.05) is 12.8 Å². The summed E-state index contributed by atoms with van der Waals surface area (Å²) < 4.78 is 37.7. The van der Waals surface area contributed by atoms with Crippen LogP contribution in [0.25, 0.3) is 0 Å². The topological polar surface area (TPSA) is 92.9 Å². The lowest BCUT2D eigenvalue weighted by Crippen LogP contribution is -2.53. The molecule has 9 heteroatoms. The van der Waals surface area contributed by atoms with Gasteiger partial charge in [-0.05, 0) is 25.8 Å². The van der Waals surface area contributed by atoms with Crippen LogP contribution < -0.4 is 16.4 Å². The number of amides is 1. The van der Waals surface area contributed by atoms with E-state index in [1.165, 1.54) is 0 Å². The Balaban J connectivity index is 1.80. The summed E-state index contributed by atoms with van der Waals surface area (Å²) in [6.45, 7) is 2.36. The minimum Gasteiger partial charge on any atom is -0.354 e. The molecule has 1 fully saturated rings. The lowest BCUT2D eigenvalue weighted by molar-refractivity contribution is -0.141. The van der Waals surface area contributed by atoms with Gasteiger partial charge in [0.25, 0.3) is 0 Å². The molecule has 1 aromatic heterocycles. The number of carbonyl (C=O) groups is 1. The molecule has 24 heavy (non-hydrogen) atoms. The zero-order valence-corrected chi connectivity index (χ0v) is 13.5. The van der Waals surface area contributed by atoms with Crippen LogP contribution in [0.2, 0.25) is 0 Å². The molecule has 6 nitrogen and oxygen atoms in total. The van der Waals surface area contributed by atoms with Gasteiger partial charge >= 0.3 is 6.18 Å². The molecule has 1 heterocycles. The van der Waals surface area contributed by atoms with Gasteiger partial charge in [0.1, 0.15) is 5.69 Å². The number of hydrogen-bond acceptors (Lipinski definition) is 5. The van der Waals surface area contributed by atoms with Crippen LogP contribution >= 0.6 is 0 Å². The fourth-order valence-electron chi connectivity index (χ4n) is 2.87. The van der Waals surface area contributed by atoms with Gasteiger partial charge in [-0.25, -0.2) is 9.97 Å². The first kappa shape index (κ1) is 18.4.